The second kappa shape index (κ2) is 7.77. The van der Waals surface area contributed by atoms with E-state index in [1.807, 2.05) is 19.1 Å². The fourth-order valence-corrected chi connectivity index (χ4v) is 3.68. The zero-order valence-corrected chi connectivity index (χ0v) is 14.4. The number of nitrogens with one attached hydrogen (secondary N) is 1. The summed E-state index contributed by atoms with van der Waals surface area (Å²) in [7, 11) is 0. The van der Waals surface area contributed by atoms with Gasteiger partial charge in [-0.1, -0.05) is 31.7 Å². The Hall–Kier alpha value is -1.36. The van der Waals surface area contributed by atoms with Gasteiger partial charge in [0.2, 0.25) is 0 Å². The first-order chi connectivity index (χ1) is 10.5. The minimum atomic E-state index is -0.810. The Morgan fingerprint density at radius 3 is 2.50 bits per heavy atom. The van der Waals surface area contributed by atoms with Gasteiger partial charge in [0.15, 0.2) is 0 Å². The average Bonchev–Trinajstić information content (AvgIpc) is 2.41. The quantitative estimate of drug-likeness (QED) is 0.850. The van der Waals surface area contributed by atoms with Gasteiger partial charge in [0.05, 0.1) is 11.5 Å². The molecule has 1 aromatic rings. The van der Waals surface area contributed by atoms with Crippen LogP contribution >= 0.6 is 15.9 Å². The average molecular weight is 368 g/mol. The van der Waals surface area contributed by atoms with Crippen LogP contribution in [0.15, 0.2) is 22.7 Å². The molecule has 1 saturated carbocycles. The van der Waals surface area contributed by atoms with Crippen LogP contribution in [0.5, 0.6) is 0 Å². The third kappa shape index (κ3) is 4.32. The lowest BCUT2D eigenvalue weighted by molar-refractivity contribution is -0.143. The number of hydrogen-bond donors (Lipinski definition) is 2. The third-order valence-corrected chi connectivity index (χ3v) is 4.92. The van der Waals surface area contributed by atoms with E-state index in [0.717, 1.165) is 42.1 Å². The molecule has 5 heteroatoms. The van der Waals surface area contributed by atoms with Gasteiger partial charge in [-0.25, -0.2) is 0 Å². The first-order valence-electron chi connectivity index (χ1n) is 7.79. The second-order valence-electron chi connectivity index (χ2n) is 6.00. The number of carboxylic acid groups (broad SMARTS) is 1. The van der Waals surface area contributed by atoms with E-state index in [0.29, 0.717) is 12.0 Å². The third-order valence-electron chi connectivity index (χ3n) is 4.27. The first-order valence-corrected chi connectivity index (χ1v) is 8.58. The monoisotopic (exact) mass is 367 g/mol. The first kappa shape index (κ1) is 17.0. The predicted molar refractivity (Wildman–Crippen MR) is 89.0 cm³/mol. The van der Waals surface area contributed by atoms with Gasteiger partial charge in [-0.05, 0) is 53.4 Å². The number of carbonyl (C=O) groups is 2. The number of amides is 1. The number of carbonyl (C=O) groups excluding carboxylic acids is 1. The van der Waals surface area contributed by atoms with Gasteiger partial charge in [0, 0.05) is 10.5 Å². The van der Waals surface area contributed by atoms with Crippen molar-refractivity contribution in [2.45, 2.75) is 51.5 Å². The molecular weight excluding hydrogens is 346 g/mol. The fraction of sp³-hybridized carbons (Fsp3) is 0.529. The van der Waals surface area contributed by atoms with Crippen LogP contribution in [0, 0.1) is 12.8 Å². The minimum Gasteiger partial charge on any atom is -0.481 e. The van der Waals surface area contributed by atoms with Crippen LogP contribution in [-0.2, 0) is 4.79 Å². The molecule has 1 aromatic carbocycles. The van der Waals surface area contributed by atoms with Gasteiger partial charge in [-0.2, -0.15) is 0 Å². The summed E-state index contributed by atoms with van der Waals surface area (Å²) in [5.41, 5.74) is 1.62. The van der Waals surface area contributed by atoms with Crippen LogP contribution in [0.2, 0.25) is 0 Å². The maximum atomic E-state index is 12.5. The summed E-state index contributed by atoms with van der Waals surface area (Å²) in [6, 6.07) is 5.25. The van der Waals surface area contributed by atoms with Crippen molar-refractivity contribution in [1.29, 1.82) is 0 Å². The number of halogens is 1. The van der Waals surface area contributed by atoms with Crippen molar-refractivity contribution in [3.05, 3.63) is 33.8 Å². The summed E-state index contributed by atoms with van der Waals surface area (Å²) >= 11 is 3.41. The molecule has 2 unspecified atom stereocenters. The molecule has 0 aromatic heterocycles. The van der Waals surface area contributed by atoms with E-state index in [1.54, 1.807) is 6.07 Å². The molecule has 2 atom stereocenters. The van der Waals surface area contributed by atoms with E-state index in [4.69, 9.17) is 0 Å². The van der Waals surface area contributed by atoms with E-state index in [9.17, 15) is 14.7 Å². The van der Waals surface area contributed by atoms with Gasteiger partial charge >= 0.3 is 5.97 Å². The van der Waals surface area contributed by atoms with Gasteiger partial charge in [0.1, 0.15) is 0 Å². The Bertz CT molecular complexity index is 559. The highest BCUT2D eigenvalue weighted by molar-refractivity contribution is 9.10. The molecule has 1 aliphatic carbocycles. The largest absolute Gasteiger partial charge is 0.481 e. The van der Waals surface area contributed by atoms with Gasteiger partial charge in [0.25, 0.3) is 5.91 Å². The minimum absolute atomic E-state index is 0.205. The number of hydrogen-bond acceptors (Lipinski definition) is 2. The lowest BCUT2D eigenvalue weighted by Crippen LogP contribution is -2.44. The lowest BCUT2D eigenvalue weighted by Gasteiger charge is -2.27. The van der Waals surface area contributed by atoms with E-state index in [1.165, 1.54) is 0 Å². The number of carboxylic acids is 1. The maximum absolute atomic E-state index is 12.5. The molecule has 0 spiro atoms. The molecule has 1 amide bonds. The van der Waals surface area contributed by atoms with E-state index >= 15 is 0 Å². The molecule has 22 heavy (non-hydrogen) atoms. The highest BCUT2D eigenvalue weighted by Crippen LogP contribution is 2.24. The summed E-state index contributed by atoms with van der Waals surface area (Å²) in [5.74, 6) is -1.51. The second-order valence-corrected chi connectivity index (χ2v) is 6.85. The molecule has 0 aliphatic heterocycles. The molecule has 0 heterocycles. The molecule has 2 N–H and O–H groups in total. The van der Waals surface area contributed by atoms with Crippen LogP contribution in [0.25, 0.3) is 0 Å². The van der Waals surface area contributed by atoms with Gasteiger partial charge < -0.3 is 10.4 Å². The molecule has 2 rings (SSSR count). The van der Waals surface area contributed by atoms with Crippen LogP contribution < -0.4 is 5.32 Å². The van der Waals surface area contributed by atoms with Crippen LogP contribution in [-0.4, -0.2) is 23.0 Å². The van der Waals surface area contributed by atoms with Crippen molar-refractivity contribution in [3.8, 4) is 0 Å². The molecule has 1 aliphatic rings. The molecule has 0 radical (unpaired) electrons. The molecule has 0 bridgehead atoms. The summed E-state index contributed by atoms with van der Waals surface area (Å²) < 4.78 is 0.739. The van der Waals surface area contributed by atoms with E-state index < -0.39 is 11.9 Å². The highest BCUT2D eigenvalue weighted by Gasteiger charge is 2.30. The number of rotatable bonds is 3. The predicted octanol–water partition coefficient (Wildman–Crippen LogP) is 3.91. The van der Waals surface area contributed by atoms with Crippen LogP contribution in [0.3, 0.4) is 0 Å². The number of aryl methyl sites for hydroxylation is 1. The SMILES string of the molecule is Cc1ccc(C(=O)NC2CCCCCCC2C(=O)O)c(Br)c1. The molecule has 1 fully saturated rings. The fourth-order valence-electron chi connectivity index (χ4n) is 3.00. The van der Waals surface area contributed by atoms with Crippen molar-refractivity contribution < 1.29 is 14.7 Å². The lowest BCUT2D eigenvalue weighted by atomic mass is 9.86. The van der Waals surface area contributed by atoms with Crippen molar-refractivity contribution in [2.75, 3.05) is 0 Å². The molecular formula is C17H22BrNO3. The van der Waals surface area contributed by atoms with E-state index in [-0.39, 0.29) is 11.9 Å². The Morgan fingerprint density at radius 2 is 1.86 bits per heavy atom. The Morgan fingerprint density at radius 1 is 1.18 bits per heavy atom. The number of benzene rings is 1. The Balaban J connectivity index is 2.14. The van der Waals surface area contributed by atoms with E-state index in [2.05, 4.69) is 21.2 Å². The number of aliphatic carboxylic acids is 1. The summed E-state index contributed by atoms with van der Waals surface area (Å²) in [4.78, 5) is 24.0. The standard InChI is InChI=1S/C17H22BrNO3/c1-11-8-9-12(14(18)10-11)16(20)19-15-7-5-3-2-4-6-13(15)17(21)22/h8-10,13,15H,2-7H2,1H3,(H,19,20)(H,21,22). The summed E-state index contributed by atoms with van der Waals surface area (Å²) in [5, 5.41) is 12.4. The molecule has 4 nitrogen and oxygen atoms in total. The normalized spacial score (nSPS) is 22.5. The Kier molecular flexibility index (Phi) is 6.00. The molecule has 120 valence electrons. The zero-order chi connectivity index (χ0) is 16.1. The highest BCUT2D eigenvalue weighted by atomic mass is 79.9. The van der Waals surface area contributed by atoms with Crippen molar-refractivity contribution >= 4 is 27.8 Å². The van der Waals surface area contributed by atoms with Crippen molar-refractivity contribution in [1.82, 2.24) is 5.32 Å². The van der Waals surface area contributed by atoms with Gasteiger partial charge in [-0.3, -0.25) is 9.59 Å². The molecule has 0 saturated heterocycles. The summed E-state index contributed by atoms with van der Waals surface area (Å²) in [6.45, 7) is 1.96. The Labute approximate surface area is 139 Å². The zero-order valence-electron chi connectivity index (χ0n) is 12.8. The summed E-state index contributed by atoms with van der Waals surface area (Å²) in [6.07, 6.45) is 5.42. The van der Waals surface area contributed by atoms with Crippen molar-refractivity contribution in [3.63, 3.8) is 0 Å². The van der Waals surface area contributed by atoms with Crippen LogP contribution in [0.4, 0.5) is 0 Å². The smallest absolute Gasteiger partial charge is 0.308 e. The van der Waals surface area contributed by atoms with Gasteiger partial charge in [-0.15, -0.1) is 0 Å². The topological polar surface area (TPSA) is 66.4 Å². The van der Waals surface area contributed by atoms with Crippen molar-refractivity contribution in [2.24, 2.45) is 5.92 Å². The maximum Gasteiger partial charge on any atom is 0.308 e. The van der Waals surface area contributed by atoms with Crippen LogP contribution in [0.1, 0.15) is 54.4 Å².